The standard InChI is InChI=1S/C17H25N3O2.ClH/c1-12-7-6-9-14(13(12)2)19-16(21)11-20(3)17(22)15-8-4-5-10-18-15;/h6-7,9,15,18H,4-5,8,10-11H2,1-3H3,(H,19,21);1H. The highest BCUT2D eigenvalue weighted by molar-refractivity contribution is 5.95. The van der Waals surface area contributed by atoms with Crippen LogP contribution >= 0.6 is 12.4 Å². The number of aryl methyl sites for hydroxylation is 1. The number of hydrogen-bond acceptors (Lipinski definition) is 3. The maximum Gasteiger partial charge on any atom is 0.243 e. The van der Waals surface area contributed by atoms with Crippen LogP contribution in [0.2, 0.25) is 0 Å². The van der Waals surface area contributed by atoms with Crippen LogP contribution in [0.5, 0.6) is 0 Å². The van der Waals surface area contributed by atoms with Gasteiger partial charge in [-0.05, 0) is 50.4 Å². The second kappa shape index (κ2) is 8.89. The molecule has 1 aliphatic heterocycles. The van der Waals surface area contributed by atoms with Crippen LogP contribution in [0.3, 0.4) is 0 Å². The van der Waals surface area contributed by atoms with E-state index in [1.54, 1.807) is 7.05 Å². The third-order valence-electron chi connectivity index (χ3n) is 4.24. The number of piperidine rings is 1. The molecule has 1 atom stereocenters. The van der Waals surface area contributed by atoms with Crippen LogP contribution in [0.15, 0.2) is 18.2 Å². The van der Waals surface area contributed by atoms with E-state index in [2.05, 4.69) is 10.6 Å². The number of hydrogen-bond donors (Lipinski definition) is 2. The van der Waals surface area contributed by atoms with Crippen LogP contribution in [0, 0.1) is 13.8 Å². The van der Waals surface area contributed by atoms with Crippen LogP contribution in [0.4, 0.5) is 5.69 Å². The Morgan fingerprint density at radius 3 is 2.70 bits per heavy atom. The quantitative estimate of drug-likeness (QED) is 0.884. The van der Waals surface area contributed by atoms with Crippen molar-refractivity contribution in [2.45, 2.75) is 39.2 Å². The minimum absolute atomic E-state index is 0. The predicted molar refractivity (Wildman–Crippen MR) is 95.1 cm³/mol. The van der Waals surface area contributed by atoms with Crippen molar-refractivity contribution in [3.63, 3.8) is 0 Å². The zero-order chi connectivity index (χ0) is 16.1. The van der Waals surface area contributed by atoms with E-state index in [9.17, 15) is 9.59 Å². The Hall–Kier alpha value is -1.59. The van der Waals surface area contributed by atoms with Gasteiger partial charge in [0.1, 0.15) is 0 Å². The van der Waals surface area contributed by atoms with Gasteiger partial charge < -0.3 is 15.5 Å². The van der Waals surface area contributed by atoms with E-state index in [-0.39, 0.29) is 36.8 Å². The van der Waals surface area contributed by atoms with Gasteiger partial charge >= 0.3 is 0 Å². The van der Waals surface area contributed by atoms with Crippen LogP contribution < -0.4 is 10.6 Å². The molecule has 2 N–H and O–H groups in total. The van der Waals surface area contributed by atoms with Crippen molar-refractivity contribution in [3.8, 4) is 0 Å². The van der Waals surface area contributed by atoms with E-state index in [0.29, 0.717) is 0 Å². The molecule has 2 rings (SSSR count). The lowest BCUT2D eigenvalue weighted by molar-refractivity contribution is -0.135. The Bertz CT molecular complexity index is 557. The number of likely N-dealkylation sites (N-methyl/N-ethyl adjacent to an activating group) is 1. The summed E-state index contributed by atoms with van der Waals surface area (Å²) in [6.45, 7) is 4.93. The smallest absolute Gasteiger partial charge is 0.243 e. The van der Waals surface area contributed by atoms with Crippen molar-refractivity contribution in [2.75, 3.05) is 25.5 Å². The van der Waals surface area contributed by atoms with E-state index in [0.717, 1.165) is 42.6 Å². The summed E-state index contributed by atoms with van der Waals surface area (Å²) in [5.41, 5.74) is 2.99. The summed E-state index contributed by atoms with van der Waals surface area (Å²) in [5, 5.41) is 6.10. The molecule has 1 fully saturated rings. The van der Waals surface area contributed by atoms with Crippen molar-refractivity contribution < 1.29 is 9.59 Å². The maximum absolute atomic E-state index is 12.3. The fourth-order valence-corrected chi connectivity index (χ4v) is 2.70. The summed E-state index contributed by atoms with van der Waals surface area (Å²) in [4.78, 5) is 25.9. The summed E-state index contributed by atoms with van der Waals surface area (Å²) < 4.78 is 0. The number of amides is 2. The number of anilines is 1. The molecule has 1 saturated heterocycles. The number of benzene rings is 1. The van der Waals surface area contributed by atoms with Gasteiger partial charge in [0, 0.05) is 12.7 Å². The van der Waals surface area contributed by atoms with Crippen molar-refractivity contribution >= 4 is 29.9 Å². The Morgan fingerprint density at radius 1 is 1.30 bits per heavy atom. The number of rotatable bonds is 4. The molecule has 0 saturated carbocycles. The zero-order valence-corrected chi connectivity index (χ0v) is 14.8. The third-order valence-corrected chi connectivity index (χ3v) is 4.24. The van der Waals surface area contributed by atoms with Gasteiger partial charge in [-0.25, -0.2) is 0 Å². The van der Waals surface area contributed by atoms with Crippen molar-refractivity contribution in [1.82, 2.24) is 10.2 Å². The van der Waals surface area contributed by atoms with Crippen LogP contribution in [-0.2, 0) is 9.59 Å². The summed E-state index contributed by atoms with van der Waals surface area (Å²) in [6.07, 6.45) is 3.02. The van der Waals surface area contributed by atoms with Gasteiger partial charge in [0.25, 0.3) is 0 Å². The highest BCUT2D eigenvalue weighted by Gasteiger charge is 2.24. The highest BCUT2D eigenvalue weighted by atomic mass is 35.5. The topological polar surface area (TPSA) is 61.4 Å². The first-order chi connectivity index (χ1) is 10.5. The van der Waals surface area contributed by atoms with Crippen LogP contribution in [-0.4, -0.2) is 42.9 Å². The third kappa shape index (κ3) is 5.22. The SMILES string of the molecule is Cc1cccc(NC(=O)CN(C)C(=O)C2CCCCN2)c1C.Cl. The normalized spacial score (nSPS) is 17.1. The molecule has 1 aliphatic rings. The fourth-order valence-electron chi connectivity index (χ4n) is 2.70. The first-order valence-corrected chi connectivity index (χ1v) is 7.83. The number of carbonyl (C=O) groups excluding carboxylic acids is 2. The van der Waals surface area contributed by atoms with Gasteiger partial charge in [0.05, 0.1) is 12.6 Å². The van der Waals surface area contributed by atoms with Gasteiger partial charge in [0.2, 0.25) is 11.8 Å². The average molecular weight is 340 g/mol. The van der Waals surface area contributed by atoms with Crippen molar-refractivity contribution in [3.05, 3.63) is 29.3 Å². The molecule has 1 aromatic rings. The number of halogens is 1. The maximum atomic E-state index is 12.3. The Kier molecular flexibility index (Phi) is 7.52. The van der Waals surface area contributed by atoms with Crippen LogP contribution in [0.25, 0.3) is 0 Å². The first-order valence-electron chi connectivity index (χ1n) is 7.83. The molecule has 1 aromatic carbocycles. The fraction of sp³-hybridized carbons (Fsp3) is 0.529. The minimum atomic E-state index is -0.166. The minimum Gasteiger partial charge on any atom is -0.335 e. The molecule has 23 heavy (non-hydrogen) atoms. The van der Waals surface area contributed by atoms with E-state index in [4.69, 9.17) is 0 Å². The molecule has 2 amide bonds. The average Bonchev–Trinajstić information content (AvgIpc) is 2.52. The van der Waals surface area contributed by atoms with Gasteiger partial charge in [-0.1, -0.05) is 18.6 Å². The second-order valence-electron chi connectivity index (χ2n) is 5.99. The summed E-state index contributed by atoms with van der Waals surface area (Å²) in [5.74, 6) is -0.170. The highest BCUT2D eigenvalue weighted by Crippen LogP contribution is 2.18. The van der Waals surface area contributed by atoms with Gasteiger partial charge in [-0.2, -0.15) is 0 Å². The largest absolute Gasteiger partial charge is 0.335 e. The lowest BCUT2D eigenvalue weighted by Gasteiger charge is -2.27. The number of nitrogens with one attached hydrogen (secondary N) is 2. The van der Waals surface area contributed by atoms with Crippen molar-refractivity contribution in [2.24, 2.45) is 0 Å². The summed E-state index contributed by atoms with van der Waals surface area (Å²) in [7, 11) is 1.68. The predicted octanol–water partition coefficient (Wildman–Crippen LogP) is 2.26. The lowest BCUT2D eigenvalue weighted by Crippen LogP contribution is -2.49. The Balaban J connectivity index is 0.00000264. The van der Waals surface area contributed by atoms with Crippen molar-refractivity contribution in [1.29, 1.82) is 0 Å². The molecule has 0 radical (unpaired) electrons. The van der Waals surface area contributed by atoms with E-state index in [1.807, 2.05) is 32.0 Å². The van der Waals surface area contributed by atoms with Gasteiger partial charge in [-0.15, -0.1) is 12.4 Å². The van der Waals surface area contributed by atoms with E-state index < -0.39 is 0 Å². The molecule has 0 spiro atoms. The molecule has 1 heterocycles. The van der Waals surface area contributed by atoms with Gasteiger partial charge in [-0.3, -0.25) is 9.59 Å². The Morgan fingerprint density at radius 2 is 2.04 bits per heavy atom. The molecular weight excluding hydrogens is 314 g/mol. The van der Waals surface area contributed by atoms with Gasteiger partial charge in [0.15, 0.2) is 0 Å². The molecule has 0 aliphatic carbocycles. The molecule has 128 valence electrons. The molecule has 1 unspecified atom stereocenters. The second-order valence-corrected chi connectivity index (χ2v) is 5.99. The molecule has 0 bridgehead atoms. The zero-order valence-electron chi connectivity index (χ0n) is 14.0. The molecule has 5 nitrogen and oxygen atoms in total. The van der Waals surface area contributed by atoms with Crippen LogP contribution in [0.1, 0.15) is 30.4 Å². The molecule has 6 heteroatoms. The lowest BCUT2D eigenvalue weighted by atomic mass is 10.0. The first kappa shape index (κ1) is 19.5. The molecular formula is C17H26ClN3O2. The van der Waals surface area contributed by atoms with E-state index >= 15 is 0 Å². The Labute approximate surface area is 144 Å². The number of nitrogens with zero attached hydrogens (tertiary/aromatic N) is 1. The molecule has 0 aromatic heterocycles. The number of carbonyl (C=O) groups is 2. The monoisotopic (exact) mass is 339 g/mol. The van der Waals surface area contributed by atoms with E-state index in [1.165, 1.54) is 4.90 Å². The summed E-state index contributed by atoms with van der Waals surface area (Å²) in [6, 6.07) is 5.66. The summed E-state index contributed by atoms with van der Waals surface area (Å²) >= 11 is 0.